The van der Waals surface area contributed by atoms with Gasteiger partial charge >= 0.3 is 0 Å². The van der Waals surface area contributed by atoms with Crippen molar-refractivity contribution in [1.29, 1.82) is 0 Å². The van der Waals surface area contributed by atoms with Crippen LogP contribution in [0.4, 0.5) is 5.69 Å². The highest BCUT2D eigenvalue weighted by Gasteiger charge is 2.26. The average Bonchev–Trinajstić information content (AvgIpc) is 2.68. The topological polar surface area (TPSA) is 70.7 Å². The van der Waals surface area contributed by atoms with Crippen LogP contribution < -0.4 is 10.6 Å². The molecule has 6 heteroatoms. The highest BCUT2D eigenvalue weighted by molar-refractivity contribution is 5.96. The minimum absolute atomic E-state index is 0.0123. The van der Waals surface area contributed by atoms with Crippen LogP contribution >= 0.6 is 0 Å². The maximum Gasteiger partial charge on any atom is 0.254 e. The van der Waals surface area contributed by atoms with Crippen molar-refractivity contribution in [3.63, 3.8) is 0 Å². The number of amides is 2. The average molecular weight is 388 g/mol. The molecule has 6 nitrogen and oxygen atoms in total. The van der Waals surface area contributed by atoms with Gasteiger partial charge < -0.3 is 20.3 Å². The number of anilines is 1. The van der Waals surface area contributed by atoms with Gasteiger partial charge in [-0.2, -0.15) is 0 Å². The number of carbonyl (C=O) groups excluding carboxylic acids is 2. The number of nitrogens with one attached hydrogen (secondary N) is 2. The zero-order chi connectivity index (χ0) is 20.1. The third-order valence-electron chi connectivity index (χ3n) is 5.77. The van der Waals surface area contributed by atoms with Crippen LogP contribution in [-0.4, -0.2) is 55.1 Å². The van der Waals surface area contributed by atoms with E-state index >= 15 is 0 Å². The second-order valence-corrected chi connectivity index (χ2v) is 8.38. The van der Waals surface area contributed by atoms with E-state index in [1.807, 2.05) is 30.9 Å². The molecule has 2 amide bonds. The molecule has 1 aromatic carbocycles. The van der Waals surface area contributed by atoms with Gasteiger partial charge in [0, 0.05) is 30.8 Å². The fourth-order valence-corrected chi connectivity index (χ4v) is 4.26. The Bertz CT molecular complexity index is 660. The van der Waals surface area contributed by atoms with Crippen molar-refractivity contribution in [2.45, 2.75) is 52.2 Å². The molecule has 154 valence electrons. The molecule has 0 bridgehead atoms. The molecular weight excluding hydrogens is 354 g/mol. The number of morpholine rings is 1. The minimum atomic E-state index is 0.0123. The van der Waals surface area contributed by atoms with E-state index in [9.17, 15) is 9.59 Å². The lowest BCUT2D eigenvalue weighted by Crippen LogP contribution is -2.48. The number of ether oxygens (including phenoxy) is 1. The van der Waals surface area contributed by atoms with Crippen LogP contribution in [0.15, 0.2) is 24.3 Å². The van der Waals surface area contributed by atoms with Gasteiger partial charge in [0.1, 0.15) is 0 Å². The highest BCUT2D eigenvalue weighted by atomic mass is 16.5. The molecule has 0 spiro atoms. The Labute approximate surface area is 168 Å². The van der Waals surface area contributed by atoms with Gasteiger partial charge in [-0.05, 0) is 75.9 Å². The maximum absolute atomic E-state index is 12.7. The molecule has 2 heterocycles. The van der Waals surface area contributed by atoms with Gasteiger partial charge in [0.2, 0.25) is 5.91 Å². The van der Waals surface area contributed by atoms with E-state index in [0.29, 0.717) is 36.9 Å². The van der Waals surface area contributed by atoms with Gasteiger partial charge in [0.05, 0.1) is 12.2 Å². The predicted molar refractivity (Wildman–Crippen MR) is 110 cm³/mol. The first kappa shape index (κ1) is 20.8. The molecule has 2 fully saturated rings. The Morgan fingerprint density at radius 2 is 1.89 bits per heavy atom. The van der Waals surface area contributed by atoms with Crippen LogP contribution in [0.5, 0.6) is 0 Å². The van der Waals surface area contributed by atoms with Crippen molar-refractivity contribution in [2.75, 3.05) is 31.5 Å². The number of hydrogen-bond donors (Lipinski definition) is 2. The van der Waals surface area contributed by atoms with Gasteiger partial charge in [-0.1, -0.05) is 6.92 Å². The third-order valence-corrected chi connectivity index (χ3v) is 5.77. The molecule has 2 saturated heterocycles. The standard InChI is InChI=1S/C22H33N3O3/c1-15(19-5-4-10-23-12-19)11-21(26)24-20-8-6-18(7-9-20)22(27)25-13-16(2)28-17(3)14-25/h6-9,15-17,19,23H,4-5,10-14H2,1-3H3,(H,24,26). The summed E-state index contributed by atoms with van der Waals surface area (Å²) < 4.78 is 5.70. The Balaban J connectivity index is 1.52. The summed E-state index contributed by atoms with van der Waals surface area (Å²) in [6.45, 7) is 9.43. The van der Waals surface area contributed by atoms with Crippen LogP contribution in [0.25, 0.3) is 0 Å². The zero-order valence-corrected chi connectivity index (χ0v) is 17.2. The maximum atomic E-state index is 12.7. The normalized spacial score (nSPS) is 26.5. The molecule has 3 rings (SSSR count). The summed E-state index contributed by atoms with van der Waals surface area (Å²) in [7, 11) is 0. The minimum Gasteiger partial charge on any atom is -0.372 e. The van der Waals surface area contributed by atoms with E-state index in [2.05, 4.69) is 17.6 Å². The van der Waals surface area contributed by atoms with Gasteiger partial charge in [-0.3, -0.25) is 9.59 Å². The third kappa shape index (κ3) is 5.55. The summed E-state index contributed by atoms with van der Waals surface area (Å²) in [6, 6.07) is 7.20. The zero-order valence-electron chi connectivity index (χ0n) is 17.2. The van der Waals surface area contributed by atoms with Crippen LogP contribution in [0, 0.1) is 11.8 Å². The summed E-state index contributed by atoms with van der Waals surface area (Å²) in [6.07, 6.45) is 3.00. The molecule has 1 aromatic rings. The smallest absolute Gasteiger partial charge is 0.254 e. The quantitative estimate of drug-likeness (QED) is 0.815. The highest BCUT2D eigenvalue weighted by Crippen LogP contribution is 2.23. The van der Waals surface area contributed by atoms with Gasteiger partial charge in [-0.15, -0.1) is 0 Å². The number of nitrogens with zero attached hydrogens (tertiary/aromatic N) is 1. The molecule has 0 aromatic heterocycles. The van der Waals surface area contributed by atoms with Crippen LogP contribution in [-0.2, 0) is 9.53 Å². The first-order valence-corrected chi connectivity index (χ1v) is 10.5. The van der Waals surface area contributed by atoms with E-state index < -0.39 is 0 Å². The fourth-order valence-electron chi connectivity index (χ4n) is 4.26. The van der Waals surface area contributed by atoms with Crippen molar-refractivity contribution in [2.24, 2.45) is 11.8 Å². The summed E-state index contributed by atoms with van der Waals surface area (Å²) in [4.78, 5) is 26.9. The summed E-state index contributed by atoms with van der Waals surface area (Å²) in [5.74, 6) is 0.975. The second-order valence-electron chi connectivity index (χ2n) is 8.38. The number of rotatable bonds is 5. The SMILES string of the molecule is CC1CN(C(=O)c2ccc(NC(=O)CC(C)C3CCCNC3)cc2)CC(C)O1. The lowest BCUT2D eigenvalue weighted by atomic mass is 9.85. The lowest BCUT2D eigenvalue weighted by Gasteiger charge is -2.35. The number of benzene rings is 1. The first-order chi connectivity index (χ1) is 13.4. The first-order valence-electron chi connectivity index (χ1n) is 10.5. The van der Waals surface area contributed by atoms with Gasteiger partial charge in [-0.25, -0.2) is 0 Å². The van der Waals surface area contributed by atoms with E-state index in [0.717, 1.165) is 18.8 Å². The summed E-state index contributed by atoms with van der Waals surface area (Å²) in [5.41, 5.74) is 1.38. The molecule has 4 unspecified atom stereocenters. The van der Waals surface area contributed by atoms with Crippen LogP contribution in [0.3, 0.4) is 0 Å². The van der Waals surface area contributed by atoms with Crippen molar-refractivity contribution in [3.8, 4) is 0 Å². The molecule has 0 saturated carbocycles. The van der Waals surface area contributed by atoms with Crippen LogP contribution in [0.1, 0.15) is 50.4 Å². The number of piperidine rings is 1. The molecular formula is C22H33N3O3. The second kappa shape index (κ2) is 9.52. The Hall–Kier alpha value is -1.92. The predicted octanol–water partition coefficient (Wildman–Crippen LogP) is 2.90. The van der Waals surface area contributed by atoms with Crippen molar-refractivity contribution in [3.05, 3.63) is 29.8 Å². The van der Waals surface area contributed by atoms with Gasteiger partial charge in [0.15, 0.2) is 0 Å². The largest absolute Gasteiger partial charge is 0.372 e. The summed E-state index contributed by atoms with van der Waals surface area (Å²) >= 11 is 0. The Morgan fingerprint density at radius 1 is 1.21 bits per heavy atom. The number of carbonyl (C=O) groups is 2. The van der Waals surface area contributed by atoms with Gasteiger partial charge in [0.25, 0.3) is 5.91 Å². The molecule has 2 aliphatic rings. The van der Waals surface area contributed by atoms with E-state index in [4.69, 9.17) is 4.74 Å². The summed E-state index contributed by atoms with van der Waals surface area (Å²) in [5, 5.41) is 6.38. The van der Waals surface area contributed by atoms with Crippen molar-refractivity contribution in [1.82, 2.24) is 10.2 Å². The van der Waals surface area contributed by atoms with Crippen LogP contribution in [0.2, 0.25) is 0 Å². The molecule has 0 aliphatic carbocycles. The number of hydrogen-bond acceptors (Lipinski definition) is 4. The molecule has 0 radical (unpaired) electrons. The fraction of sp³-hybridized carbons (Fsp3) is 0.636. The molecule has 4 atom stereocenters. The lowest BCUT2D eigenvalue weighted by molar-refractivity contribution is -0.117. The van der Waals surface area contributed by atoms with E-state index in [1.54, 1.807) is 12.1 Å². The molecule has 2 aliphatic heterocycles. The van der Waals surface area contributed by atoms with E-state index in [1.165, 1.54) is 12.8 Å². The Morgan fingerprint density at radius 3 is 2.50 bits per heavy atom. The molecule has 2 N–H and O–H groups in total. The Kier molecular flexibility index (Phi) is 7.08. The van der Waals surface area contributed by atoms with E-state index in [-0.39, 0.29) is 24.0 Å². The molecule has 28 heavy (non-hydrogen) atoms. The van der Waals surface area contributed by atoms with Crippen molar-refractivity contribution < 1.29 is 14.3 Å². The van der Waals surface area contributed by atoms with Crippen molar-refractivity contribution >= 4 is 17.5 Å². The monoisotopic (exact) mass is 387 g/mol.